The number of morpholine rings is 1. The normalized spacial score (nSPS) is 19.4. The minimum Gasteiger partial charge on any atom is -0.441 e. The van der Waals surface area contributed by atoms with Gasteiger partial charge >= 0.3 is 0 Å². The first-order valence-electron chi connectivity index (χ1n) is 8.52. The van der Waals surface area contributed by atoms with Gasteiger partial charge < -0.3 is 14.1 Å². The maximum absolute atomic E-state index is 12.6. The lowest BCUT2D eigenvalue weighted by molar-refractivity contribution is -0.123. The Morgan fingerprint density at radius 3 is 2.56 bits per heavy atom. The zero-order valence-electron chi connectivity index (χ0n) is 14.4. The van der Waals surface area contributed by atoms with Crippen LogP contribution in [0.2, 0.25) is 5.02 Å². The van der Waals surface area contributed by atoms with E-state index >= 15 is 0 Å². The lowest BCUT2D eigenvalue weighted by atomic mass is 10.2. The summed E-state index contributed by atoms with van der Waals surface area (Å²) in [5, 5.41) is 0.322. The van der Waals surface area contributed by atoms with Gasteiger partial charge in [0.2, 0.25) is 0 Å². The predicted octanol–water partition coefficient (Wildman–Crippen LogP) is 4.01. The minimum absolute atomic E-state index is 0.219. The van der Waals surface area contributed by atoms with Crippen molar-refractivity contribution in [3.63, 3.8) is 0 Å². The molecule has 2 aliphatic heterocycles. The molecule has 3 heterocycles. The fourth-order valence-corrected chi connectivity index (χ4v) is 3.86. The second-order valence-electron chi connectivity index (χ2n) is 6.17. The van der Waals surface area contributed by atoms with Crippen molar-refractivity contribution in [2.45, 2.75) is 6.54 Å². The van der Waals surface area contributed by atoms with Crippen LogP contribution in [0.15, 0.2) is 45.7 Å². The number of carbonyl (C=O) groups is 2. The highest BCUT2D eigenvalue weighted by Gasteiger charge is 2.35. The number of carbonyl (C=O) groups excluding carboxylic acids is 2. The first-order valence-corrected chi connectivity index (χ1v) is 9.72. The summed E-state index contributed by atoms with van der Waals surface area (Å²) in [5.41, 5.74) is 0.843. The van der Waals surface area contributed by atoms with Gasteiger partial charge in [0.25, 0.3) is 11.1 Å². The Morgan fingerprint density at radius 1 is 1.07 bits per heavy atom. The first-order chi connectivity index (χ1) is 13.1. The molecule has 27 heavy (non-hydrogen) atoms. The number of ether oxygens (including phenoxy) is 1. The highest BCUT2D eigenvalue weighted by atomic mass is 35.5. The molecule has 0 N–H and O–H groups in total. The van der Waals surface area contributed by atoms with Crippen molar-refractivity contribution < 1.29 is 18.7 Å². The molecule has 2 aliphatic rings. The Labute approximate surface area is 165 Å². The number of thioether (sulfide) groups is 1. The van der Waals surface area contributed by atoms with Gasteiger partial charge in [0.05, 0.1) is 24.7 Å². The summed E-state index contributed by atoms with van der Waals surface area (Å²) in [6.45, 7) is 3.09. The lowest BCUT2D eigenvalue weighted by Gasteiger charge is -2.26. The van der Waals surface area contributed by atoms with Gasteiger partial charge in [0.15, 0.2) is 5.88 Å². The van der Waals surface area contributed by atoms with Crippen LogP contribution in [0.25, 0.3) is 6.08 Å². The Kier molecular flexibility index (Phi) is 5.24. The van der Waals surface area contributed by atoms with Gasteiger partial charge in [-0.2, -0.15) is 0 Å². The fraction of sp³-hybridized carbons (Fsp3) is 0.263. The van der Waals surface area contributed by atoms with Crippen LogP contribution in [0.3, 0.4) is 0 Å². The van der Waals surface area contributed by atoms with Crippen LogP contribution in [0.5, 0.6) is 0 Å². The second-order valence-corrected chi connectivity index (χ2v) is 7.60. The molecule has 1 aromatic carbocycles. The van der Waals surface area contributed by atoms with Crippen molar-refractivity contribution in [3.05, 3.63) is 57.6 Å². The van der Waals surface area contributed by atoms with E-state index in [1.165, 1.54) is 4.90 Å². The Bertz CT molecular complexity index is 887. The number of amides is 2. The first kappa shape index (κ1) is 18.2. The summed E-state index contributed by atoms with van der Waals surface area (Å²) in [5.74, 6) is 0.975. The van der Waals surface area contributed by atoms with Gasteiger partial charge in [-0.3, -0.25) is 14.5 Å². The van der Waals surface area contributed by atoms with Crippen molar-refractivity contribution in [3.8, 4) is 0 Å². The summed E-state index contributed by atoms with van der Waals surface area (Å²) >= 11 is 6.80. The van der Waals surface area contributed by atoms with Crippen LogP contribution in [0.1, 0.15) is 11.3 Å². The fourth-order valence-electron chi connectivity index (χ4n) is 2.91. The number of rotatable bonds is 4. The molecule has 2 fully saturated rings. The van der Waals surface area contributed by atoms with Crippen LogP contribution in [-0.4, -0.2) is 42.3 Å². The zero-order valence-corrected chi connectivity index (χ0v) is 16.0. The Hall–Kier alpha value is -2.22. The average Bonchev–Trinajstić information content (AvgIpc) is 3.25. The molecule has 0 spiro atoms. The van der Waals surface area contributed by atoms with Crippen LogP contribution in [0, 0.1) is 0 Å². The summed E-state index contributed by atoms with van der Waals surface area (Å²) in [4.78, 5) is 28.6. The third-order valence-electron chi connectivity index (χ3n) is 4.34. The van der Waals surface area contributed by atoms with Crippen LogP contribution >= 0.6 is 23.4 Å². The van der Waals surface area contributed by atoms with E-state index < -0.39 is 0 Å². The number of nitrogens with zero attached hydrogens (tertiary/aromatic N) is 2. The van der Waals surface area contributed by atoms with E-state index in [0.717, 1.165) is 36.3 Å². The number of hydrogen-bond donors (Lipinski definition) is 0. The molecule has 6 nitrogen and oxygen atoms in total. The van der Waals surface area contributed by atoms with E-state index in [1.54, 1.807) is 36.4 Å². The van der Waals surface area contributed by atoms with E-state index in [2.05, 4.69) is 4.90 Å². The largest absolute Gasteiger partial charge is 0.441 e. The molecule has 140 valence electrons. The number of furan rings is 1. The molecule has 0 atom stereocenters. The molecule has 4 rings (SSSR count). The van der Waals surface area contributed by atoms with E-state index in [0.29, 0.717) is 28.9 Å². The second kappa shape index (κ2) is 7.80. The number of benzene rings is 1. The van der Waals surface area contributed by atoms with E-state index in [-0.39, 0.29) is 17.7 Å². The zero-order chi connectivity index (χ0) is 18.8. The predicted molar refractivity (Wildman–Crippen MR) is 105 cm³/mol. The summed E-state index contributed by atoms with van der Waals surface area (Å²) in [7, 11) is 0. The highest BCUT2D eigenvalue weighted by molar-refractivity contribution is 8.18. The monoisotopic (exact) mass is 404 g/mol. The lowest BCUT2D eigenvalue weighted by Crippen LogP contribution is -2.35. The molecule has 2 saturated heterocycles. The van der Waals surface area contributed by atoms with Crippen LogP contribution in [-0.2, 0) is 16.1 Å². The van der Waals surface area contributed by atoms with E-state index in [4.69, 9.17) is 20.8 Å². The van der Waals surface area contributed by atoms with Crippen molar-refractivity contribution in [1.82, 2.24) is 4.90 Å². The summed E-state index contributed by atoms with van der Waals surface area (Å²) < 4.78 is 11.2. The van der Waals surface area contributed by atoms with Crippen molar-refractivity contribution in [1.29, 1.82) is 0 Å². The molecule has 0 bridgehead atoms. The van der Waals surface area contributed by atoms with Crippen LogP contribution < -0.4 is 4.90 Å². The maximum Gasteiger partial charge on any atom is 0.293 e. The third kappa shape index (κ3) is 4.05. The van der Waals surface area contributed by atoms with Gasteiger partial charge in [-0.25, -0.2) is 0 Å². The van der Waals surface area contributed by atoms with Gasteiger partial charge in [0, 0.05) is 30.3 Å². The minimum atomic E-state index is -0.315. The van der Waals surface area contributed by atoms with Gasteiger partial charge in [-0.05, 0) is 35.5 Å². The molecule has 0 unspecified atom stereocenters. The Balaban J connectivity index is 1.47. The smallest absolute Gasteiger partial charge is 0.293 e. The van der Waals surface area contributed by atoms with Gasteiger partial charge in [0.1, 0.15) is 5.76 Å². The van der Waals surface area contributed by atoms with Crippen molar-refractivity contribution in [2.24, 2.45) is 0 Å². The quantitative estimate of drug-likeness (QED) is 0.717. The molecule has 2 amide bonds. The number of anilines is 1. The molecule has 1 aromatic heterocycles. The standard InChI is InChI=1S/C19H17ClN2O4S/c20-14-3-1-13(2-4-14)12-22-18(23)16(27-19(22)24)11-15-5-6-17(26-15)21-7-9-25-10-8-21/h1-6,11H,7-10,12H2/b16-11-. The molecule has 0 radical (unpaired) electrons. The van der Waals surface area contributed by atoms with Crippen molar-refractivity contribution in [2.75, 3.05) is 31.2 Å². The molecule has 2 aromatic rings. The average molecular weight is 405 g/mol. The van der Waals surface area contributed by atoms with Gasteiger partial charge in [-0.15, -0.1) is 0 Å². The van der Waals surface area contributed by atoms with Crippen molar-refractivity contribution >= 4 is 46.5 Å². The molecule has 0 aliphatic carbocycles. The Morgan fingerprint density at radius 2 is 1.81 bits per heavy atom. The molecule has 0 saturated carbocycles. The summed E-state index contributed by atoms with van der Waals surface area (Å²) in [6.07, 6.45) is 1.62. The van der Waals surface area contributed by atoms with Gasteiger partial charge in [-0.1, -0.05) is 23.7 Å². The topological polar surface area (TPSA) is 63.0 Å². The number of hydrogen-bond acceptors (Lipinski definition) is 6. The molecular weight excluding hydrogens is 388 g/mol. The SMILES string of the molecule is O=C1S/C(=C\c2ccc(N3CCOCC3)o2)C(=O)N1Cc1ccc(Cl)cc1. The highest BCUT2D eigenvalue weighted by Crippen LogP contribution is 2.34. The van der Waals surface area contributed by atoms with E-state index in [9.17, 15) is 9.59 Å². The maximum atomic E-state index is 12.6. The molecule has 8 heteroatoms. The number of imide groups is 1. The third-order valence-corrected chi connectivity index (χ3v) is 5.50. The van der Waals surface area contributed by atoms with E-state index in [1.807, 2.05) is 6.07 Å². The van der Waals surface area contributed by atoms with Crippen LogP contribution in [0.4, 0.5) is 10.7 Å². The summed E-state index contributed by atoms with van der Waals surface area (Å²) in [6, 6.07) is 10.8. The number of halogens is 1. The molecular formula is C19H17ClN2O4S.